The minimum Gasteiger partial charge on any atom is -0.364 e. The number of rotatable bonds is 2. The van der Waals surface area contributed by atoms with Gasteiger partial charge in [0.2, 0.25) is 0 Å². The van der Waals surface area contributed by atoms with Crippen LogP contribution >= 0.6 is 0 Å². The summed E-state index contributed by atoms with van der Waals surface area (Å²) in [4.78, 5) is 30.9. The number of aromatic nitrogens is 2. The SMILES string of the molecule is Cc1cc(C(C)(C)C)c(C(F)(F)F)cc1-c1cc(=O)c2c(C(N)=O)nccc2[nH]1. The van der Waals surface area contributed by atoms with Gasteiger partial charge in [0.15, 0.2) is 5.43 Å². The van der Waals surface area contributed by atoms with E-state index in [2.05, 4.69) is 9.97 Å². The molecule has 29 heavy (non-hydrogen) atoms. The first-order chi connectivity index (χ1) is 13.3. The highest BCUT2D eigenvalue weighted by Gasteiger charge is 2.37. The number of carbonyl (C=O) groups is 1. The van der Waals surface area contributed by atoms with E-state index in [1.807, 2.05) is 0 Å². The van der Waals surface area contributed by atoms with Crippen molar-refractivity contribution in [2.24, 2.45) is 5.73 Å². The number of H-pyrrole nitrogens is 1. The molecular weight excluding hydrogens is 383 g/mol. The minimum atomic E-state index is -4.55. The van der Waals surface area contributed by atoms with Crippen LogP contribution in [0.1, 0.15) is 48.0 Å². The lowest BCUT2D eigenvalue weighted by molar-refractivity contribution is -0.138. The maximum absolute atomic E-state index is 13.7. The lowest BCUT2D eigenvalue weighted by Gasteiger charge is -2.26. The maximum Gasteiger partial charge on any atom is 0.416 e. The predicted molar refractivity (Wildman–Crippen MR) is 105 cm³/mol. The Morgan fingerprint density at radius 2 is 1.76 bits per heavy atom. The largest absolute Gasteiger partial charge is 0.416 e. The van der Waals surface area contributed by atoms with E-state index in [0.717, 1.165) is 12.1 Å². The summed E-state index contributed by atoms with van der Waals surface area (Å²) in [5.74, 6) is -0.862. The first-order valence-electron chi connectivity index (χ1n) is 8.85. The average molecular weight is 403 g/mol. The second-order valence-electron chi connectivity index (χ2n) is 7.95. The van der Waals surface area contributed by atoms with Crippen molar-refractivity contribution in [2.45, 2.75) is 39.3 Å². The van der Waals surface area contributed by atoms with Gasteiger partial charge in [0, 0.05) is 23.5 Å². The summed E-state index contributed by atoms with van der Waals surface area (Å²) < 4.78 is 41.2. The van der Waals surface area contributed by atoms with Gasteiger partial charge in [-0.3, -0.25) is 14.6 Å². The number of alkyl halides is 3. The monoisotopic (exact) mass is 403 g/mol. The fourth-order valence-electron chi connectivity index (χ4n) is 3.38. The highest BCUT2D eigenvalue weighted by atomic mass is 19.4. The molecule has 0 radical (unpaired) electrons. The molecule has 0 unspecified atom stereocenters. The second kappa shape index (κ2) is 6.72. The van der Waals surface area contributed by atoms with E-state index >= 15 is 0 Å². The zero-order chi connectivity index (χ0) is 21.7. The third kappa shape index (κ3) is 3.74. The van der Waals surface area contributed by atoms with E-state index < -0.39 is 28.5 Å². The second-order valence-corrected chi connectivity index (χ2v) is 7.95. The highest BCUT2D eigenvalue weighted by Crippen LogP contribution is 2.40. The Labute approximate surface area is 164 Å². The average Bonchev–Trinajstić information content (AvgIpc) is 2.58. The molecule has 0 aliphatic rings. The molecule has 3 rings (SSSR count). The van der Waals surface area contributed by atoms with E-state index in [1.165, 1.54) is 18.3 Å². The standard InChI is InChI=1S/C21H20F3N3O2/c1-10-7-12(20(2,3)4)13(21(22,23)24)8-11(10)15-9-16(28)17-14(27-15)5-6-26-18(17)19(25)29/h5-9H,1-4H3,(H2,25,29)(H,27,28). The molecule has 0 atom stereocenters. The molecule has 0 saturated carbocycles. The van der Waals surface area contributed by atoms with Crippen LogP contribution in [0, 0.1) is 6.92 Å². The van der Waals surface area contributed by atoms with E-state index in [1.54, 1.807) is 27.7 Å². The first-order valence-corrected chi connectivity index (χ1v) is 8.85. The van der Waals surface area contributed by atoms with Crippen molar-refractivity contribution < 1.29 is 18.0 Å². The first kappa shape index (κ1) is 20.6. The van der Waals surface area contributed by atoms with E-state index in [9.17, 15) is 22.8 Å². The topological polar surface area (TPSA) is 88.8 Å². The number of nitrogens with zero attached hydrogens (tertiary/aromatic N) is 1. The van der Waals surface area contributed by atoms with Gasteiger partial charge in [0.1, 0.15) is 5.69 Å². The predicted octanol–water partition coefficient (Wildman–Crippen LogP) is 4.31. The quantitative estimate of drug-likeness (QED) is 0.668. The summed E-state index contributed by atoms with van der Waals surface area (Å²) in [6.45, 7) is 6.83. The van der Waals surface area contributed by atoms with Crippen LogP contribution < -0.4 is 11.2 Å². The van der Waals surface area contributed by atoms with Crippen LogP contribution in [0.3, 0.4) is 0 Å². The van der Waals surface area contributed by atoms with Gasteiger partial charge in [0.25, 0.3) is 5.91 Å². The molecular formula is C21H20F3N3O2. The molecule has 0 spiro atoms. The molecule has 0 aliphatic carbocycles. The number of amides is 1. The Morgan fingerprint density at radius 3 is 2.31 bits per heavy atom. The molecule has 2 aromatic heterocycles. The summed E-state index contributed by atoms with van der Waals surface area (Å²) in [6, 6.07) is 5.19. The molecule has 152 valence electrons. The van der Waals surface area contributed by atoms with Crippen molar-refractivity contribution >= 4 is 16.8 Å². The van der Waals surface area contributed by atoms with Crippen molar-refractivity contribution in [3.63, 3.8) is 0 Å². The van der Waals surface area contributed by atoms with Gasteiger partial charge < -0.3 is 10.7 Å². The number of benzene rings is 1. The zero-order valence-electron chi connectivity index (χ0n) is 16.4. The molecule has 1 aromatic carbocycles. The lowest BCUT2D eigenvalue weighted by Crippen LogP contribution is -2.20. The number of hydrogen-bond donors (Lipinski definition) is 2. The fourth-order valence-corrected chi connectivity index (χ4v) is 3.38. The van der Waals surface area contributed by atoms with Gasteiger partial charge in [-0.2, -0.15) is 13.2 Å². The van der Waals surface area contributed by atoms with Crippen LogP contribution in [0.2, 0.25) is 0 Å². The van der Waals surface area contributed by atoms with Gasteiger partial charge in [0.05, 0.1) is 16.5 Å². The summed E-state index contributed by atoms with van der Waals surface area (Å²) in [6.07, 6.45) is -3.25. The van der Waals surface area contributed by atoms with Crippen LogP contribution in [0.5, 0.6) is 0 Å². The molecule has 0 bridgehead atoms. The van der Waals surface area contributed by atoms with Crippen molar-refractivity contribution in [2.75, 3.05) is 0 Å². The van der Waals surface area contributed by atoms with Crippen LogP contribution in [0.25, 0.3) is 22.2 Å². The molecule has 3 aromatic rings. The van der Waals surface area contributed by atoms with Gasteiger partial charge in [-0.05, 0) is 35.6 Å². The van der Waals surface area contributed by atoms with Crippen molar-refractivity contribution in [1.29, 1.82) is 0 Å². The van der Waals surface area contributed by atoms with Crippen LogP contribution in [-0.2, 0) is 11.6 Å². The summed E-state index contributed by atoms with van der Waals surface area (Å²) in [5.41, 5.74) is 4.56. The zero-order valence-corrected chi connectivity index (χ0v) is 16.4. The Morgan fingerprint density at radius 1 is 1.10 bits per heavy atom. The van der Waals surface area contributed by atoms with Crippen LogP contribution in [0.4, 0.5) is 13.2 Å². The number of aryl methyl sites for hydroxylation is 1. The summed E-state index contributed by atoms with van der Waals surface area (Å²) in [5, 5.41) is 0.00348. The van der Waals surface area contributed by atoms with Gasteiger partial charge in [-0.15, -0.1) is 0 Å². The van der Waals surface area contributed by atoms with Gasteiger partial charge in [-0.25, -0.2) is 0 Å². The van der Waals surface area contributed by atoms with E-state index in [4.69, 9.17) is 5.73 Å². The summed E-state index contributed by atoms with van der Waals surface area (Å²) in [7, 11) is 0. The number of aromatic amines is 1. The molecule has 3 N–H and O–H groups in total. The summed E-state index contributed by atoms with van der Waals surface area (Å²) >= 11 is 0. The Balaban J connectivity index is 2.33. The molecule has 0 fully saturated rings. The number of nitrogens with two attached hydrogens (primary N) is 1. The van der Waals surface area contributed by atoms with E-state index in [0.29, 0.717) is 5.56 Å². The lowest BCUT2D eigenvalue weighted by atomic mass is 9.81. The number of hydrogen-bond acceptors (Lipinski definition) is 3. The number of pyridine rings is 2. The molecule has 0 saturated heterocycles. The van der Waals surface area contributed by atoms with Gasteiger partial charge in [-0.1, -0.05) is 26.8 Å². The Kier molecular flexibility index (Phi) is 4.77. The molecule has 2 heterocycles. The number of fused-ring (bicyclic) bond motifs is 1. The van der Waals surface area contributed by atoms with Crippen LogP contribution in [0.15, 0.2) is 35.3 Å². The van der Waals surface area contributed by atoms with Crippen molar-refractivity contribution in [3.05, 3.63) is 63.1 Å². The third-order valence-corrected chi connectivity index (χ3v) is 4.74. The van der Waals surface area contributed by atoms with Gasteiger partial charge >= 0.3 is 6.18 Å². The number of carbonyl (C=O) groups excluding carboxylic acids is 1. The maximum atomic E-state index is 13.7. The highest BCUT2D eigenvalue weighted by molar-refractivity contribution is 6.03. The molecule has 1 amide bonds. The molecule has 8 heteroatoms. The Hall–Kier alpha value is -3.16. The van der Waals surface area contributed by atoms with Crippen molar-refractivity contribution in [1.82, 2.24) is 9.97 Å². The third-order valence-electron chi connectivity index (χ3n) is 4.74. The molecule has 0 aliphatic heterocycles. The number of nitrogens with one attached hydrogen (secondary N) is 1. The van der Waals surface area contributed by atoms with Crippen LogP contribution in [-0.4, -0.2) is 15.9 Å². The Bertz CT molecular complexity index is 1190. The fraction of sp³-hybridized carbons (Fsp3) is 0.286. The van der Waals surface area contributed by atoms with E-state index in [-0.39, 0.29) is 33.4 Å². The minimum absolute atomic E-state index is 0.00348. The smallest absolute Gasteiger partial charge is 0.364 e. The normalized spacial score (nSPS) is 12.4. The number of halogens is 3. The number of primary amides is 1. The van der Waals surface area contributed by atoms with Crippen molar-refractivity contribution in [3.8, 4) is 11.3 Å². The molecule has 5 nitrogen and oxygen atoms in total.